The van der Waals surface area contributed by atoms with Crippen molar-refractivity contribution in [3.63, 3.8) is 0 Å². The fourth-order valence-corrected chi connectivity index (χ4v) is 1.96. The Balaban J connectivity index is 2.51. The molecule has 0 bridgehead atoms. The van der Waals surface area contributed by atoms with Crippen molar-refractivity contribution in [3.05, 3.63) is 35.9 Å². The zero-order chi connectivity index (χ0) is 17.1. The van der Waals surface area contributed by atoms with E-state index >= 15 is 0 Å². The summed E-state index contributed by atoms with van der Waals surface area (Å²) >= 11 is 0. The summed E-state index contributed by atoms with van der Waals surface area (Å²) in [5.41, 5.74) is 11.3. The molecule has 1 aromatic rings. The van der Waals surface area contributed by atoms with Crippen LogP contribution < -0.4 is 16.8 Å². The van der Waals surface area contributed by atoms with Gasteiger partial charge in [-0.1, -0.05) is 30.3 Å². The molecule has 23 heavy (non-hydrogen) atoms. The Morgan fingerprint density at radius 2 is 1.83 bits per heavy atom. The third-order valence-corrected chi connectivity index (χ3v) is 3.20. The Hall–Kier alpha value is -2.41. The van der Waals surface area contributed by atoms with Gasteiger partial charge in [0.05, 0.1) is 6.04 Å². The van der Waals surface area contributed by atoms with Crippen molar-refractivity contribution >= 4 is 17.8 Å². The van der Waals surface area contributed by atoms with E-state index in [0.717, 1.165) is 5.56 Å². The molecule has 7 heteroatoms. The molecule has 1 rings (SSSR count). The summed E-state index contributed by atoms with van der Waals surface area (Å²) in [4.78, 5) is 34.8. The molecule has 7 nitrogen and oxygen atoms in total. The van der Waals surface area contributed by atoms with Gasteiger partial charge in [0.2, 0.25) is 5.91 Å². The van der Waals surface area contributed by atoms with Gasteiger partial charge in [0.1, 0.15) is 6.61 Å². The quantitative estimate of drug-likeness (QED) is 0.589. The van der Waals surface area contributed by atoms with Crippen LogP contribution in [0.1, 0.15) is 31.2 Å². The van der Waals surface area contributed by atoms with Gasteiger partial charge in [0.25, 0.3) is 0 Å². The minimum Gasteiger partial charge on any atom is -0.445 e. The highest BCUT2D eigenvalue weighted by Crippen LogP contribution is 2.05. The fraction of sp³-hybridized carbons (Fsp3) is 0.438. The van der Waals surface area contributed by atoms with E-state index < -0.39 is 18.0 Å². The number of ketones is 1. The first-order chi connectivity index (χ1) is 11.0. The van der Waals surface area contributed by atoms with Crippen LogP contribution in [0.2, 0.25) is 0 Å². The smallest absolute Gasteiger partial charge is 0.408 e. The summed E-state index contributed by atoms with van der Waals surface area (Å²) in [7, 11) is 0. The SMILES string of the molecule is NCCCC(=O)[C@H](CCC(N)=O)NC(=O)OCc1ccccc1. The minimum atomic E-state index is -0.794. The van der Waals surface area contributed by atoms with Crippen LogP contribution in [0, 0.1) is 0 Å². The third kappa shape index (κ3) is 7.96. The number of nitrogens with one attached hydrogen (secondary N) is 1. The molecular weight excluding hydrogens is 298 g/mol. The fourth-order valence-electron chi connectivity index (χ4n) is 1.96. The summed E-state index contributed by atoms with van der Waals surface area (Å²) in [6, 6.07) is 8.39. The maximum absolute atomic E-state index is 12.0. The van der Waals surface area contributed by atoms with E-state index in [1.807, 2.05) is 30.3 Å². The van der Waals surface area contributed by atoms with Gasteiger partial charge >= 0.3 is 6.09 Å². The number of Topliss-reactive ketones (excluding diaryl/α,β-unsaturated/α-hetero) is 1. The van der Waals surface area contributed by atoms with Gasteiger partial charge in [-0.25, -0.2) is 4.79 Å². The molecule has 0 aliphatic carbocycles. The monoisotopic (exact) mass is 321 g/mol. The first-order valence-corrected chi connectivity index (χ1v) is 7.51. The predicted octanol–water partition coefficient (Wildman–Crippen LogP) is 0.855. The second-order valence-corrected chi connectivity index (χ2v) is 5.12. The zero-order valence-corrected chi connectivity index (χ0v) is 13.0. The van der Waals surface area contributed by atoms with Gasteiger partial charge < -0.3 is 21.5 Å². The maximum Gasteiger partial charge on any atom is 0.408 e. The van der Waals surface area contributed by atoms with Gasteiger partial charge in [-0.3, -0.25) is 9.59 Å². The number of primary amides is 1. The van der Waals surface area contributed by atoms with Crippen LogP contribution in [-0.2, 0) is 20.9 Å². The number of hydrogen-bond acceptors (Lipinski definition) is 5. The van der Waals surface area contributed by atoms with Crippen LogP contribution in [-0.4, -0.2) is 30.4 Å². The highest BCUT2D eigenvalue weighted by Gasteiger charge is 2.21. The first kappa shape index (κ1) is 18.6. The van der Waals surface area contributed by atoms with Crippen LogP contribution in [0.5, 0.6) is 0 Å². The van der Waals surface area contributed by atoms with Crippen molar-refractivity contribution in [1.82, 2.24) is 5.32 Å². The van der Waals surface area contributed by atoms with Crippen molar-refractivity contribution in [2.45, 2.75) is 38.3 Å². The summed E-state index contributed by atoms with van der Waals surface area (Å²) in [5, 5.41) is 2.49. The summed E-state index contributed by atoms with van der Waals surface area (Å²) in [5.74, 6) is -0.713. The lowest BCUT2D eigenvalue weighted by molar-refractivity contribution is -0.121. The van der Waals surface area contributed by atoms with Crippen LogP contribution >= 0.6 is 0 Å². The Kier molecular flexibility index (Phi) is 8.38. The Bertz CT molecular complexity index is 519. The number of alkyl carbamates (subject to hydrolysis) is 1. The molecule has 0 radical (unpaired) electrons. The topological polar surface area (TPSA) is 125 Å². The maximum atomic E-state index is 12.0. The lowest BCUT2D eigenvalue weighted by Gasteiger charge is -2.17. The van der Waals surface area contributed by atoms with Crippen molar-refractivity contribution in [2.24, 2.45) is 11.5 Å². The molecule has 2 amide bonds. The van der Waals surface area contributed by atoms with E-state index in [1.54, 1.807) is 0 Å². The van der Waals surface area contributed by atoms with E-state index in [1.165, 1.54) is 0 Å². The molecule has 0 aromatic heterocycles. The number of rotatable bonds is 10. The second-order valence-electron chi connectivity index (χ2n) is 5.12. The highest BCUT2D eigenvalue weighted by atomic mass is 16.5. The number of benzene rings is 1. The van der Waals surface area contributed by atoms with Crippen LogP contribution in [0.4, 0.5) is 4.79 Å². The molecule has 0 heterocycles. The average Bonchev–Trinajstić information content (AvgIpc) is 2.55. The number of carbonyl (C=O) groups excluding carboxylic acids is 3. The Morgan fingerprint density at radius 1 is 1.13 bits per heavy atom. The number of nitrogens with two attached hydrogens (primary N) is 2. The largest absolute Gasteiger partial charge is 0.445 e. The molecule has 1 aromatic carbocycles. The van der Waals surface area contributed by atoms with Crippen molar-refractivity contribution in [3.8, 4) is 0 Å². The van der Waals surface area contributed by atoms with Crippen molar-refractivity contribution in [2.75, 3.05) is 6.54 Å². The summed E-state index contributed by atoms with van der Waals surface area (Å²) in [6.07, 6.45) is 0.215. The van der Waals surface area contributed by atoms with Crippen LogP contribution in [0.3, 0.4) is 0 Å². The van der Waals surface area contributed by atoms with E-state index in [4.69, 9.17) is 16.2 Å². The molecule has 0 spiro atoms. The molecular formula is C16H23N3O4. The van der Waals surface area contributed by atoms with E-state index in [-0.39, 0.29) is 31.7 Å². The molecule has 0 aliphatic rings. The van der Waals surface area contributed by atoms with Gasteiger partial charge in [-0.05, 0) is 24.9 Å². The van der Waals surface area contributed by atoms with Gasteiger partial charge in [0, 0.05) is 12.8 Å². The first-order valence-electron chi connectivity index (χ1n) is 7.51. The Labute approximate surface area is 135 Å². The molecule has 126 valence electrons. The lowest BCUT2D eigenvalue weighted by Crippen LogP contribution is -2.41. The number of hydrogen-bond donors (Lipinski definition) is 3. The van der Waals surface area contributed by atoms with Crippen molar-refractivity contribution < 1.29 is 19.1 Å². The van der Waals surface area contributed by atoms with Crippen LogP contribution in [0.25, 0.3) is 0 Å². The number of amides is 2. The van der Waals surface area contributed by atoms with E-state index in [0.29, 0.717) is 13.0 Å². The molecule has 1 atom stereocenters. The second kappa shape index (κ2) is 10.3. The standard InChI is InChI=1S/C16H23N3O4/c17-10-4-7-14(20)13(8-9-15(18)21)19-16(22)23-11-12-5-2-1-3-6-12/h1-3,5-6,13H,4,7-11,17H2,(H2,18,21)(H,19,22)/t13-/m0/s1. The average molecular weight is 321 g/mol. The third-order valence-electron chi connectivity index (χ3n) is 3.20. The van der Waals surface area contributed by atoms with E-state index in [2.05, 4.69) is 5.32 Å². The molecule has 0 unspecified atom stereocenters. The predicted molar refractivity (Wildman–Crippen MR) is 85.3 cm³/mol. The lowest BCUT2D eigenvalue weighted by atomic mass is 10.0. The number of ether oxygens (including phenoxy) is 1. The van der Waals surface area contributed by atoms with Gasteiger partial charge in [-0.2, -0.15) is 0 Å². The molecule has 0 fully saturated rings. The highest BCUT2D eigenvalue weighted by molar-refractivity contribution is 5.88. The van der Waals surface area contributed by atoms with Crippen LogP contribution in [0.15, 0.2) is 30.3 Å². The zero-order valence-electron chi connectivity index (χ0n) is 13.0. The minimum absolute atomic E-state index is 0.0119. The number of carbonyl (C=O) groups is 3. The molecule has 0 aliphatic heterocycles. The molecule has 0 saturated carbocycles. The van der Waals surface area contributed by atoms with Crippen molar-refractivity contribution in [1.29, 1.82) is 0 Å². The summed E-state index contributed by atoms with van der Waals surface area (Å²) in [6.45, 7) is 0.485. The van der Waals surface area contributed by atoms with Gasteiger partial charge in [0.15, 0.2) is 5.78 Å². The summed E-state index contributed by atoms with van der Waals surface area (Å²) < 4.78 is 5.08. The van der Waals surface area contributed by atoms with Gasteiger partial charge in [-0.15, -0.1) is 0 Å². The normalized spacial score (nSPS) is 11.5. The molecule has 0 saturated heterocycles. The van der Waals surface area contributed by atoms with E-state index in [9.17, 15) is 14.4 Å². The molecule has 5 N–H and O–H groups in total. The Morgan fingerprint density at radius 3 is 2.43 bits per heavy atom.